The van der Waals surface area contributed by atoms with Gasteiger partial charge in [-0.2, -0.15) is 10.5 Å². The molecule has 2 aromatic carbocycles. The molecule has 2 aromatic rings. The van der Waals surface area contributed by atoms with Crippen LogP contribution in [0.4, 0.5) is 0 Å². The zero-order valence-electron chi connectivity index (χ0n) is 13.8. The van der Waals surface area contributed by atoms with Crippen molar-refractivity contribution in [1.29, 1.82) is 10.5 Å². The van der Waals surface area contributed by atoms with Crippen molar-refractivity contribution in [3.63, 3.8) is 0 Å². The molecule has 2 heteroatoms. The van der Waals surface area contributed by atoms with Crippen molar-refractivity contribution in [2.45, 2.75) is 40.0 Å². The first kappa shape index (κ1) is 15.8. The number of benzene rings is 2. The molecule has 0 saturated carbocycles. The molecule has 0 aromatic heterocycles. The normalized spacial score (nSPS) is 10.9. The minimum Gasteiger partial charge on any atom is -0.192 e. The van der Waals surface area contributed by atoms with Crippen LogP contribution in [0, 0.1) is 36.5 Å². The highest BCUT2D eigenvalue weighted by atomic mass is 14.3. The molecule has 0 fully saturated rings. The van der Waals surface area contributed by atoms with Gasteiger partial charge in [0.15, 0.2) is 0 Å². The summed E-state index contributed by atoms with van der Waals surface area (Å²) < 4.78 is 0. The average Bonchev–Trinajstić information content (AvgIpc) is 2.48. The molecule has 0 N–H and O–H groups in total. The second-order valence-corrected chi connectivity index (χ2v) is 6.70. The molecular formula is C20H20N2. The van der Waals surface area contributed by atoms with Crippen LogP contribution in [-0.4, -0.2) is 0 Å². The number of nitriles is 2. The zero-order chi connectivity index (χ0) is 16.5. The van der Waals surface area contributed by atoms with Gasteiger partial charge < -0.3 is 0 Å². The molecule has 0 atom stereocenters. The molecular weight excluding hydrogens is 268 g/mol. The fourth-order valence-corrected chi connectivity index (χ4v) is 2.69. The first-order valence-corrected chi connectivity index (χ1v) is 7.34. The van der Waals surface area contributed by atoms with Crippen LogP contribution in [-0.2, 0) is 5.41 Å². The van der Waals surface area contributed by atoms with Gasteiger partial charge in [0.2, 0.25) is 0 Å². The van der Waals surface area contributed by atoms with Gasteiger partial charge in [0, 0.05) is 0 Å². The second kappa shape index (κ2) is 5.66. The highest BCUT2D eigenvalue weighted by molar-refractivity contribution is 5.75. The van der Waals surface area contributed by atoms with E-state index in [4.69, 9.17) is 0 Å². The quantitative estimate of drug-likeness (QED) is 0.740. The Labute approximate surface area is 132 Å². The maximum Gasteiger partial charge on any atom is 0.0991 e. The van der Waals surface area contributed by atoms with Crippen LogP contribution in [0.3, 0.4) is 0 Å². The van der Waals surface area contributed by atoms with E-state index in [1.165, 1.54) is 5.56 Å². The third kappa shape index (κ3) is 2.87. The van der Waals surface area contributed by atoms with E-state index in [1.54, 1.807) is 0 Å². The van der Waals surface area contributed by atoms with Crippen molar-refractivity contribution >= 4 is 0 Å². The monoisotopic (exact) mass is 288 g/mol. The topological polar surface area (TPSA) is 47.6 Å². The summed E-state index contributed by atoms with van der Waals surface area (Å²) >= 11 is 0. The van der Waals surface area contributed by atoms with Crippen molar-refractivity contribution < 1.29 is 0 Å². The molecule has 22 heavy (non-hydrogen) atoms. The van der Waals surface area contributed by atoms with E-state index in [-0.39, 0.29) is 5.41 Å². The summed E-state index contributed by atoms with van der Waals surface area (Å²) in [6, 6.07) is 14.1. The summed E-state index contributed by atoms with van der Waals surface area (Å²) in [7, 11) is 0. The van der Waals surface area contributed by atoms with Crippen LogP contribution >= 0.6 is 0 Å². The predicted octanol–water partition coefficient (Wildman–Crippen LogP) is 5.01. The van der Waals surface area contributed by atoms with E-state index in [2.05, 4.69) is 39.8 Å². The smallest absolute Gasteiger partial charge is 0.0991 e. The van der Waals surface area contributed by atoms with Crippen LogP contribution in [0.2, 0.25) is 0 Å². The Hall–Kier alpha value is -2.58. The van der Waals surface area contributed by atoms with Gasteiger partial charge in [-0.3, -0.25) is 0 Å². The first-order valence-electron chi connectivity index (χ1n) is 7.34. The van der Waals surface area contributed by atoms with E-state index < -0.39 is 0 Å². The Morgan fingerprint density at radius 3 is 1.95 bits per heavy atom. The second-order valence-electron chi connectivity index (χ2n) is 6.70. The van der Waals surface area contributed by atoms with E-state index in [0.717, 1.165) is 22.3 Å². The third-order valence-electron chi connectivity index (χ3n) is 4.04. The van der Waals surface area contributed by atoms with Crippen LogP contribution in [0.15, 0.2) is 30.3 Å². The summed E-state index contributed by atoms with van der Waals surface area (Å²) in [6.07, 6.45) is 0. The highest BCUT2D eigenvalue weighted by Gasteiger charge is 2.20. The van der Waals surface area contributed by atoms with Crippen LogP contribution < -0.4 is 0 Å². The maximum atomic E-state index is 9.25. The SMILES string of the molecule is Cc1cc(C#N)cc(-c2cc(C#N)ccc2C(C)(C)C)c1C. The fraction of sp³-hybridized carbons (Fsp3) is 0.300. The predicted molar refractivity (Wildman–Crippen MR) is 89.5 cm³/mol. The zero-order valence-corrected chi connectivity index (χ0v) is 13.8. The minimum atomic E-state index is -0.0354. The van der Waals surface area contributed by atoms with Crippen molar-refractivity contribution in [3.8, 4) is 23.3 Å². The highest BCUT2D eigenvalue weighted by Crippen LogP contribution is 2.36. The van der Waals surface area contributed by atoms with E-state index >= 15 is 0 Å². The number of rotatable bonds is 1. The molecule has 110 valence electrons. The molecule has 0 amide bonds. The Morgan fingerprint density at radius 2 is 1.41 bits per heavy atom. The van der Waals surface area contributed by atoms with Crippen molar-refractivity contribution in [2.75, 3.05) is 0 Å². The molecule has 0 aliphatic heterocycles. The summed E-state index contributed by atoms with van der Waals surface area (Å²) in [5.41, 5.74) is 6.78. The van der Waals surface area contributed by atoms with Gasteiger partial charge >= 0.3 is 0 Å². The third-order valence-corrected chi connectivity index (χ3v) is 4.04. The summed E-state index contributed by atoms with van der Waals surface area (Å²) in [5.74, 6) is 0. The molecule has 0 aliphatic rings. The van der Waals surface area contributed by atoms with E-state index in [0.29, 0.717) is 11.1 Å². The fourth-order valence-electron chi connectivity index (χ4n) is 2.69. The van der Waals surface area contributed by atoms with Crippen LogP contribution in [0.5, 0.6) is 0 Å². The Bertz CT molecular complexity index is 809. The number of hydrogen-bond acceptors (Lipinski definition) is 2. The molecule has 0 unspecified atom stereocenters. The Kier molecular flexibility index (Phi) is 4.07. The Balaban J connectivity index is 2.85. The number of nitrogens with zero attached hydrogens (tertiary/aromatic N) is 2. The molecule has 2 rings (SSSR count). The minimum absolute atomic E-state index is 0.0354. The van der Waals surface area contributed by atoms with Crippen LogP contribution in [0.25, 0.3) is 11.1 Å². The lowest BCUT2D eigenvalue weighted by atomic mass is 9.79. The molecule has 0 radical (unpaired) electrons. The molecule has 0 saturated heterocycles. The number of aryl methyl sites for hydroxylation is 1. The van der Waals surface area contributed by atoms with Crippen molar-refractivity contribution in [2.24, 2.45) is 0 Å². The average molecular weight is 288 g/mol. The van der Waals surface area contributed by atoms with Gasteiger partial charge in [-0.15, -0.1) is 0 Å². The summed E-state index contributed by atoms with van der Waals surface area (Å²) in [5, 5.41) is 18.5. The number of hydrogen-bond donors (Lipinski definition) is 0. The molecule has 0 spiro atoms. The van der Waals surface area contributed by atoms with Crippen molar-refractivity contribution in [1.82, 2.24) is 0 Å². The standard InChI is InChI=1S/C20H20N2/c1-13-8-16(12-22)10-17(14(13)2)18-9-15(11-21)6-7-19(18)20(3,4)5/h6-10H,1-5H3. The summed E-state index contributed by atoms with van der Waals surface area (Å²) in [6.45, 7) is 10.6. The molecule has 0 heterocycles. The van der Waals surface area contributed by atoms with Gasteiger partial charge in [-0.05, 0) is 71.3 Å². The lowest BCUT2D eigenvalue weighted by Crippen LogP contribution is -2.13. The van der Waals surface area contributed by atoms with Crippen LogP contribution in [0.1, 0.15) is 48.6 Å². The summed E-state index contributed by atoms with van der Waals surface area (Å²) in [4.78, 5) is 0. The van der Waals surface area contributed by atoms with Gasteiger partial charge in [0.25, 0.3) is 0 Å². The van der Waals surface area contributed by atoms with E-state index in [9.17, 15) is 10.5 Å². The van der Waals surface area contributed by atoms with Gasteiger partial charge in [0.05, 0.1) is 23.3 Å². The van der Waals surface area contributed by atoms with Gasteiger partial charge in [-0.1, -0.05) is 26.8 Å². The Morgan fingerprint density at radius 1 is 0.818 bits per heavy atom. The van der Waals surface area contributed by atoms with Gasteiger partial charge in [0.1, 0.15) is 0 Å². The molecule has 2 nitrogen and oxygen atoms in total. The largest absolute Gasteiger partial charge is 0.192 e. The molecule has 0 bridgehead atoms. The lowest BCUT2D eigenvalue weighted by molar-refractivity contribution is 0.592. The van der Waals surface area contributed by atoms with Gasteiger partial charge in [-0.25, -0.2) is 0 Å². The molecule has 0 aliphatic carbocycles. The first-order chi connectivity index (χ1) is 10.3. The van der Waals surface area contributed by atoms with E-state index in [1.807, 2.05) is 37.3 Å². The maximum absolute atomic E-state index is 9.25. The lowest BCUT2D eigenvalue weighted by Gasteiger charge is -2.24. The van der Waals surface area contributed by atoms with Crippen molar-refractivity contribution in [3.05, 3.63) is 58.1 Å².